The summed E-state index contributed by atoms with van der Waals surface area (Å²) < 4.78 is 7.27. The Bertz CT molecular complexity index is 865. The topological polar surface area (TPSA) is 129 Å². The smallest absolute Gasteiger partial charge is 0.389 e. The monoisotopic (exact) mass is 337 g/mol. The summed E-state index contributed by atoms with van der Waals surface area (Å²) in [6.07, 6.45) is 1.28. The lowest BCUT2D eigenvalue weighted by atomic mass is 10.3. The van der Waals surface area contributed by atoms with E-state index in [-0.39, 0.29) is 24.7 Å². The van der Waals surface area contributed by atoms with Gasteiger partial charge < -0.3 is 9.52 Å². The number of nitro groups is 1. The van der Waals surface area contributed by atoms with Gasteiger partial charge in [-0.1, -0.05) is 6.07 Å². The third-order valence-electron chi connectivity index (χ3n) is 2.95. The minimum atomic E-state index is -1.01. The van der Waals surface area contributed by atoms with Crippen LogP contribution in [0.4, 0.5) is 5.69 Å². The Kier molecular flexibility index (Phi) is 4.04. The Hall–Kier alpha value is -2.79. The Morgan fingerprint density at radius 1 is 1.48 bits per heavy atom. The fraction of sp³-hybridized carbons (Fsp3) is 0.250. The molecular formula is C12H11N5O5S. The molecule has 0 aliphatic carbocycles. The fourth-order valence-corrected chi connectivity index (χ4v) is 2.59. The molecule has 0 saturated heterocycles. The molecule has 10 nitrogen and oxygen atoms in total. The van der Waals surface area contributed by atoms with Crippen molar-refractivity contribution in [3.63, 3.8) is 0 Å². The van der Waals surface area contributed by atoms with Gasteiger partial charge in [0.15, 0.2) is 0 Å². The molecule has 11 heteroatoms. The van der Waals surface area contributed by atoms with Crippen molar-refractivity contribution < 1.29 is 14.4 Å². The maximum Gasteiger partial charge on any atom is 0.437 e. The van der Waals surface area contributed by atoms with Crippen LogP contribution in [0.1, 0.15) is 0 Å². The van der Waals surface area contributed by atoms with Crippen LogP contribution in [0, 0.1) is 10.1 Å². The number of nitrogens with zero attached hydrogens (tertiary/aromatic N) is 5. The molecule has 3 rings (SSSR count). The van der Waals surface area contributed by atoms with Gasteiger partial charge in [-0.15, -0.1) is 16.4 Å². The van der Waals surface area contributed by atoms with Gasteiger partial charge in [0.05, 0.1) is 29.0 Å². The summed E-state index contributed by atoms with van der Waals surface area (Å²) in [7, 11) is 0. The molecule has 0 aromatic carbocycles. The van der Waals surface area contributed by atoms with E-state index in [9.17, 15) is 20.0 Å². The summed E-state index contributed by atoms with van der Waals surface area (Å²) in [6.45, 7) is -0.122. The van der Waals surface area contributed by atoms with Crippen LogP contribution >= 0.6 is 11.3 Å². The predicted octanol–water partition coefficient (Wildman–Crippen LogP) is 0.731. The summed E-state index contributed by atoms with van der Waals surface area (Å²) in [5.74, 6) is -0.495. The van der Waals surface area contributed by atoms with E-state index in [1.54, 1.807) is 12.1 Å². The molecule has 0 unspecified atom stereocenters. The van der Waals surface area contributed by atoms with Crippen LogP contribution in [0.2, 0.25) is 0 Å². The highest BCUT2D eigenvalue weighted by molar-refractivity contribution is 7.13. The van der Waals surface area contributed by atoms with E-state index in [1.165, 1.54) is 22.2 Å². The molecule has 1 atom stereocenters. The number of aliphatic hydroxyl groups excluding tert-OH is 1. The number of hydrogen-bond donors (Lipinski definition) is 1. The Balaban J connectivity index is 1.69. The molecule has 0 aliphatic heterocycles. The van der Waals surface area contributed by atoms with Gasteiger partial charge in [0.1, 0.15) is 12.4 Å². The average Bonchev–Trinajstić information content (AvgIpc) is 3.20. The second kappa shape index (κ2) is 6.14. The highest BCUT2D eigenvalue weighted by atomic mass is 32.1. The standard InChI is InChI=1S/C12H11N5O5S/c18-9(6-15-5-8(4-13-15)17(20)21)7-16-12(19)22-11(14-16)10-2-1-3-23-10/h1-5,9,18H,6-7H2/t9-/m0/s1. The normalized spacial score (nSPS) is 12.4. The number of rotatable bonds is 6. The molecule has 1 N–H and O–H groups in total. The first-order chi connectivity index (χ1) is 11.0. The minimum absolute atomic E-state index is 0.0124. The van der Waals surface area contributed by atoms with Crippen molar-refractivity contribution in [1.29, 1.82) is 0 Å². The third-order valence-corrected chi connectivity index (χ3v) is 3.81. The highest BCUT2D eigenvalue weighted by Crippen LogP contribution is 2.21. The molecule has 23 heavy (non-hydrogen) atoms. The van der Waals surface area contributed by atoms with Crippen molar-refractivity contribution in [1.82, 2.24) is 19.6 Å². The van der Waals surface area contributed by atoms with Crippen molar-refractivity contribution in [2.45, 2.75) is 19.2 Å². The number of hydrogen-bond acceptors (Lipinski definition) is 8. The largest absolute Gasteiger partial charge is 0.437 e. The quantitative estimate of drug-likeness (QED) is 0.518. The lowest BCUT2D eigenvalue weighted by molar-refractivity contribution is -0.385. The maximum atomic E-state index is 11.7. The summed E-state index contributed by atoms with van der Waals surface area (Å²) >= 11 is 1.38. The zero-order chi connectivity index (χ0) is 16.4. The van der Waals surface area contributed by atoms with Gasteiger partial charge in [0.25, 0.3) is 5.89 Å². The second-order valence-electron chi connectivity index (χ2n) is 4.66. The van der Waals surface area contributed by atoms with Gasteiger partial charge in [-0.2, -0.15) is 9.78 Å². The maximum absolute atomic E-state index is 11.7. The van der Waals surface area contributed by atoms with Crippen LogP contribution in [0.25, 0.3) is 10.8 Å². The molecule has 0 saturated carbocycles. The average molecular weight is 337 g/mol. The van der Waals surface area contributed by atoms with Crippen LogP contribution in [0.5, 0.6) is 0 Å². The molecule has 3 heterocycles. The Morgan fingerprint density at radius 2 is 2.30 bits per heavy atom. The SMILES string of the molecule is O=c1oc(-c2cccs2)nn1C[C@@H](O)Cn1cc([N+](=O)[O-])cn1. The van der Waals surface area contributed by atoms with E-state index in [0.717, 1.165) is 10.9 Å². The van der Waals surface area contributed by atoms with Crippen LogP contribution < -0.4 is 5.76 Å². The third kappa shape index (κ3) is 3.35. The van der Waals surface area contributed by atoms with E-state index in [4.69, 9.17) is 4.42 Å². The predicted molar refractivity (Wildman–Crippen MR) is 79.0 cm³/mol. The van der Waals surface area contributed by atoms with Crippen molar-refractivity contribution in [3.05, 3.63) is 50.6 Å². The first-order valence-electron chi connectivity index (χ1n) is 6.49. The summed E-state index contributed by atoms with van der Waals surface area (Å²) in [6, 6.07) is 3.57. The van der Waals surface area contributed by atoms with Gasteiger partial charge >= 0.3 is 11.4 Å². The zero-order valence-electron chi connectivity index (χ0n) is 11.6. The molecule has 0 amide bonds. The lowest BCUT2D eigenvalue weighted by Gasteiger charge is -2.08. The Labute approximate surface area is 132 Å². The minimum Gasteiger partial charge on any atom is -0.389 e. The summed E-state index contributed by atoms with van der Waals surface area (Å²) in [5, 5.41) is 30.2. The molecule has 3 aromatic heterocycles. The first kappa shape index (κ1) is 15.1. The molecule has 0 aliphatic rings. The highest BCUT2D eigenvalue weighted by Gasteiger charge is 2.16. The van der Waals surface area contributed by atoms with Gasteiger partial charge in [0, 0.05) is 0 Å². The van der Waals surface area contributed by atoms with Crippen LogP contribution in [-0.4, -0.2) is 35.7 Å². The summed E-state index contributed by atoms with van der Waals surface area (Å²) in [5.41, 5.74) is -0.171. The van der Waals surface area contributed by atoms with Gasteiger partial charge in [0.2, 0.25) is 0 Å². The van der Waals surface area contributed by atoms with E-state index < -0.39 is 16.8 Å². The molecular weight excluding hydrogens is 326 g/mol. The molecule has 0 bridgehead atoms. The summed E-state index contributed by atoms with van der Waals surface area (Å²) in [4.78, 5) is 22.4. The van der Waals surface area contributed by atoms with Gasteiger partial charge in [-0.3, -0.25) is 14.8 Å². The molecule has 0 fully saturated rings. The zero-order valence-corrected chi connectivity index (χ0v) is 12.4. The molecule has 0 spiro atoms. The van der Waals surface area contributed by atoms with E-state index in [0.29, 0.717) is 4.88 Å². The van der Waals surface area contributed by atoms with E-state index >= 15 is 0 Å². The molecule has 3 aromatic rings. The van der Waals surface area contributed by atoms with Crippen LogP contribution in [-0.2, 0) is 13.1 Å². The van der Waals surface area contributed by atoms with E-state index in [1.807, 2.05) is 5.38 Å². The van der Waals surface area contributed by atoms with Crippen LogP contribution in [0.3, 0.4) is 0 Å². The van der Waals surface area contributed by atoms with Crippen molar-refractivity contribution in [2.24, 2.45) is 0 Å². The second-order valence-corrected chi connectivity index (χ2v) is 5.61. The van der Waals surface area contributed by atoms with E-state index in [2.05, 4.69) is 10.2 Å². The Morgan fingerprint density at radius 3 is 2.96 bits per heavy atom. The van der Waals surface area contributed by atoms with Crippen LogP contribution in [0.15, 0.2) is 39.1 Å². The first-order valence-corrected chi connectivity index (χ1v) is 7.37. The number of thiophene rings is 1. The van der Waals surface area contributed by atoms with Crippen molar-refractivity contribution >= 4 is 17.0 Å². The lowest BCUT2D eigenvalue weighted by Crippen LogP contribution is -2.28. The fourth-order valence-electron chi connectivity index (χ4n) is 1.94. The number of aromatic nitrogens is 4. The number of aliphatic hydroxyl groups is 1. The molecule has 120 valence electrons. The van der Waals surface area contributed by atoms with Crippen molar-refractivity contribution in [2.75, 3.05) is 0 Å². The van der Waals surface area contributed by atoms with Gasteiger partial charge in [-0.25, -0.2) is 4.79 Å². The van der Waals surface area contributed by atoms with Crippen molar-refractivity contribution in [3.8, 4) is 10.8 Å². The molecule has 0 radical (unpaired) electrons. The van der Waals surface area contributed by atoms with Gasteiger partial charge in [-0.05, 0) is 11.4 Å².